The fourth-order valence-electron chi connectivity index (χ4n) is 1.52. The van der Waals surface area contributed by atoms with Gasteiger partial charge in [-0.2, -0.15) is 0 Å². The first-order chi connectivity index (χ1) is 8.88. The van der Waals surface area contributed by atoms with Crippen LogP contribution in [0.15, 0.2) is 23.8 Å². The van der Waals surface area contributed by atoms with Crippen molar-refractivity contribution in [3.63, 3.8) is 0 Å². The van der Waals surface area contributed by atoms with Crippen LogP contribution in [-0.4, -0.2) is 19.3 Å². The van der Waals surface area contributed by atoms with Gasteiger partial charge in [0.15, 0.2) is 0 Å². The highest BCUT2D eigenvalue weighted by molar-refractivity contribution is 7.90. The lowest BCUT2D eigenvalue weighted by Crippen LogP contribution is -2.40. The van der Waals surface area contributed by atoms with Gasteiger partial charge in [-0.05, 0) is 33.8 Å². The summed E-state index contributed by atoms with van der Waals surface area (Å²) in [6.07, 6.45) is 3.55. The zero-order chi connectivity index (χ0) is 14.0. The first kappa shape index (κ1) is 14.6. The fraction of sp³-hybridized carbons (Fsp3) is 0.462. The van der Waals surface area contributed by atoms with E-state index in [1.165, 1.54) is 0 Å². The molecule has 0 amide bonds. The molecule has 2 heterocycles. The molecular formula is C13H19N3OS2. The minimum atomic E-state index is -1.06. The van der Waals surface area contributed by atoms with Crippen molar-refractivity contribution in [3.05, 3.63) is 28.7 Å². The van der Waals surface area contributed by atoms with Crippen molar-refractivity contribution in [2.75, 3.05) is 0 Å². The van der Waals surface area contributed by atoms with Crippen LogP contribution in [0.3, 0.4) is 0 Å². The molecule has 2 unspecified atom stereocenters. The van der Waals surface area contributed by atoms with E-state index >= 15 is 0 Å². The van der Waals surface area contributed by atoms with Crippen molar-refractivity contribution in [1.29, 1.82) is 0 Å². The monoisotopic (exact) mass is 297 g/mol. The number of rotatable bonds is 4. The van der Waals surface area contributed by atoms with Crippen molar-refractivity contribution in [3.8, 4) is 11.4 Å². The molecule has 0 aromatic carbocycles. The number of aromatic nitrogens is 2. The predicted octanol–water partition coefficient (Wildman–Crippen LogP) is 3.25. The average Bonchev–Trinajstić information content (AvgIpc) is 2.98. The van der Waals surface area contributed by atoms with Gasteiger partial charge in [0, 0.05) is 39.6 Å². The number of nitrogens with zero attached hydrogens (tertiary/aromatic N) is 1. The van der Waals surface area contributed by atoms with Crippen LogP contribution in [-0.2, 0) is 11.4 Å². The minimum Gasteiger partial charge on any atom is -0.598 e. The van der Waals surface area contributed by atoms with Crippen molar-refractivity contribution in [2.24, 2.45) is 0 Å². The summed E-state index contributed by atoms with van der Waals surface area (Å²) in [6.45, 7) is 7.92. The molecule has 104 valence electrons. The summed E-state index contributed by atoms with van der Waals surface area (Å²) >= 11 is 0.589. The molecular weight excluding hydrogens is 278 g/mol. The number of aromatic amines is 1. The molecule has 0 aliphatic carbocycles. The summed E-state index contributed by atoms with van der Waals surface area (Å²) in [7, 11) is 0. The summed E-state index contributed by atoms with van der Waals surface area (Å²) in [4.78, 5) is 8.47. The van der Waals surface area contributed by atoms with Gasteiger partial charge in [-0.1, -0.05) is 0 Å². The van der Waals surface area contributed by atoms with E-state index in [4.69, 9.17) is 0 Å². The molecule has 4 nitrogen and oxygen atoms in total. The van der Waals surface area contributed by atoms with Gasteiger partial charge in [-0.3, -0.25) is 0 Å². The Kier molecular flexibility index (Phi) is 4.35. The molecule has 6 heteroatoms. The summed E-state index contributed by atoms with van der Waals surface area (Å²) in [5.74, 6) is 0.867. The normalized spacial score (nSPS) is 15.4. The second-order valence-electron chi connectivity index (χ2n) is 5.40. The molecule has 0 spiro atoms. The van der Waals surface area contributed by atoms with Gasteiger partial charge in [0.25, 0.3) is 0 Å². The quantitative estimate of drug-likeness (QED) is 0.851. The Morgan fingerprint density at radius 2 is 2.21 bits per heavy atom. The Balaban J connectivity index is 2.06. The van der Waals surface area contributed by atoms with Crippen molar-refractivity contribution < 1.29 is 4.55 Å². The molecule has 0 fully saturated rings. The van der Waals surface area contributed by atoms with Gasteiger partial charge in [-0.15, -0.1) is 16.1 Å². The van der Waals surface area contributed by atoms with Crippen molar-refractivity contribution in [2.45, 2.75) is 38.5 Å². The first-order valence-electron chi connectivity index (χ1n) is 6.14. The Morgan fingerprint density at radius 1 is 1.47 bits per heavy atom. The third-order valence-corrected chi connectivity index (χ3v) is 5.45. The van der Waals surface area contributed by atoms with E-state index in [1.807, 2.05) is 33.9 Å². The van der Waals surface area contributed by atoms with E-state index in [1.54, 1.807) is 17.5 Å². The average molecular weight is 297 g/mol. The topological polar surface area (TPSA) is 63.8 Å². The van der Waals surface area contributed by atoms with Gasteiger partial charge in [0.1, 0.15) is 10.6 Å². The van der Waals surface area contributed by atoms with E-state index in [2.05, 4.69) is 26.1 Å². The Morgan fingerprint density at radius 3 is 2.79 bits per heavy atom. The zero-order valence-electron chi connectivity index (χ0n) is 11.6. The lowest BCUT2D eigenvalue weighted by Gasteiger charge is -2.26. The van der Waals surface area contributed by atoms with Crippen LogP contribution in [0.5, 0.6) is 0 Å². The predicted molar refractivity (Wildman–Crippen MR) is 81.3 cm³/mol. The maximum Gasteiger partial charge on any atom is 0.138 e. The van der Waals surface area contributed by atoms with Gasteiger partial charge >= 0.3 is 0 Å². The minimum absolute atomic E-state index is 0.0637. The maximum absolute atomic E-state index is 12.1. The highest BCUT2D eigenvalue weighted by atomic mass is 32.2. The number of hydrogen-bond donors (Lipinski definition) is 2. The third-order valence-electron chi connectivity index (χ3n) is 2.66. The second kappa shape index (κ2) is 5.66. The lowest BCUT2D eigenvalue weighted by atomic mass is 10.2. The molecule has 0 radical (unpaired) electrons. The first-order valence-corrected chi connectivity index (χ1v) is 8.17. The maximum atomic E-state index is 12.1. The molecule has 0 saturated carbocycles. The van der Waals surface area contributed by atoms with Crippen molar-refractivity contribution >= 4 is 22.7 Å². The fourth-order valence-corrected chi connectivity index (χ4v) is 3.30. The molecule has 19 heavy (non-hydrogen) atoms. The van der Waals surface area contributed by atoms with Gasteiger partial charge in [0.05, 0.1) is 6.04 Å². The highest BCUT2D eigenvalue weighted by Crippen LogP contribution is 2.28. The van der Waals surface area contributed by atoms with E-state index in [0.29, 0.717) is 0 Å². The number of thiophene rings is 1. The van der Waals surface area contributed by atoms with E-state index < -0.39 is 11.4 Å². The summed E-state index contributed by atoms with van der Waals surface area (Å²) < 4.78 is 15.0. The summed E-state index contributed by atoms with van der Waals surface area (Å²) in [6, 6.07) is 2.15. The highest BCUT2D eigenvalue weighted by Gasteiger charge is 2.28. The van der Waals surface area contributed by atoms with Gasteiger partial charge in [-0.25, -0.2) is 4.98 Å². The van der Waals surface area contributed by atoms with Gasteiger partial charge < -0.3 is 9.54 Å². The molecule has 2 aromatic heterocycles. The molecule has 2 rings (SSSR count). The smallest absolute Gasteiger partial charge is 0.138 e. The van der Waals surface area contributed by atoms with E-state index in [-0.39, 0.29) is 10.8 Å². The van der Waals surface area contributed by atoms with Crippen LogP contribution in [0.2, 0.25) is 0 Å². The summed E-state index contributed by atoms with van der Waals surface area (Å²) in [5.41, 5.74) is 1.07. The Bertz CT molecular complexity index is 516. The number of hydrogen-bond acceptors (Lipinski definition) is 4. The van der Waals surface area contributed by atoms with Gasteiger partial charge in [0.2, 0.25) is 0 Å². The SMILES string of the molecule is CC(N[S+]([O-])C(C)(C)C)c1cc(-c2ncc[nH]2)cs1. The van der Waals surface area contributed by atoms with Crippen LogP contribution in [0, 0.1) is 0 Å². The number of imidazole rings is 1. The van der Waals surface area contributed by atoms with Crippen LogP contribution in [0.25, 0.3) is 11.4 Å². The third kappa shape index (κ3) is 3.60. The lowest BCUT2D eigenvalue weighted by molar-refractivity contribution is 0.532. The number of H-pyrrole nitrogens is 1. The van der Waals surface area contributed by atoms with E-state index in [9.17, 15) is 4.55 Å². The standard InChI is InChI=1S/C13H19N3OS2/c1-9(16-19(17)13(2,3)4)11-7-10(8-18-11)12-14-5-6-15-12/h5-9,16H,1-4H3,(H,14,15). The number of nitrogens with one attached hydrogen (secondary N) is 2. The molecule has 2 N–H and O–H groups in total. The van der Waals surface area contributed by atoms with Crippen LogP contribution < -0.4 is 4.72 Å². The molecule has 0 aliphatic heterocycles. The van der Waals surface area contributed by atoms with Crippen LogP contribution >= 0.6 is 11.3 Å². The zero-order valence-corrected chi connectivity index (χ0v) is 13.2. The molecule has 2 atom stereocenters. The largest absolute Gasteiger partial charge is 0.598 e. The van der Waals surface area contributed by atoms with Crippen LogP contribution in [0.1, 0.15) is 38.6 Å². The van der Waals surface area contributed by atoms with E-state index in [0.717, 1.165) is 16.3 Å². The molecule has 0 aliphatic rings. The molecule has 0 bridgehead atoms. The Labute approximate surface area is 121 Å². The molecule has 2 aromatic rings. The Hall–Kier alpha value is -0.820. The van der Waals surface area contributed by atoms with Crippen LogP contribution in [0.4, 0.5) is 0 Å². The summed E-state index contributed by atoms with van der Waals surface area (Å²) in [5, 5.41) is 2.06. The second-order valence-corrected chi connectivity index (χ2v) is 8.34. The molecule has 0 saturated heterocycles. The van der Waals surface area contributed by atoms with Crippen molar-refractivity contribution in [1.82, 2.24) is 14.7 Å².